The van der Waals surface area contributed by atoms with Crippen molar-refractivity contribution in [2.24, 2.45) is 0 Å². The van der Waals surface area contributed by atoms with Crippen molar-refractivity contribution in [1.29, 1.82) is 0 Å². The quantitative estimate of drug-likeness (QED) is 0.581. The van der Waals surface area contributed by atoms with Gasteiger partial charge in [-0.15, -0.1) is 0 Å². The average Bonchev–Trinajstić information content (AvgIpc) is 3.41. The highest BCUT2D eigenvalue weighted by Gasteiger charge is 2.31. The van der Waals surface area contributed by atoms with Crippen molar-refractivity contribution in [3.8, 4) is 22.9 Å². The van der Waals surface area contributed by atoms with Gasteiger partial charge in [-0.25, -0.2) is 0 Å². The molecular formula is C23H26N4O3S. The SMILES string of the molecule is COc1ccc(C2CCCN2C(=O)Cn2c(-c3ccc(C)cc3)n[nH]c2=S)cc1OC. The molecule has 0 saturated carbocycles. The molecule has 2 heterocycles. The van der Waals surface area contributed by atoms with Crippen LogP contribution < -0.4 is 9.47 Å². The Morgan fingerprint density at radius 1 is 1.16 bits per heavy atom. The van der Waals surface area contributed by atoms with E-state index in [0.717, 1.165) is 29.5 Å². The van der Waals surface area contributed by atoms with Crippen LogP contribution in [0.3, 0.4) is 0 Å². The van der Waals surface area contributed by atoms with Crippen molar-refractivity contribution in [2.45, 2.75) is 32.4 Å². The number of hydrogen-bond donors (Lipinski definition) is 1. The number of nitrogens with one attached hydrogen (secondary N) is 1. The highest BCUT2D eigenvalue weighted by atomic mass is 32.1. The fourth-order valence-corrected chi connectivity index (χ4v) is 4.28. The van der Waals surface area contributed by atoms with E-state index in [0.29, 0.717) is 28.6 Å². The Hall–Kier alpha value is -3.13. The van der Waals surface area contributed by atoms with Gasteiger partial charge in [0, 0.05) is 12.1 Å². The fraction of sp³-hybridized carbons (Fsp3) is 0.348. The molecule has 1 aliphatic rings. The third kappa shape index (κ3) is 4.20. The van der Waals surface area contributed by atoms with Gasteiger partial charge in [-0.05, 0) is 49.7 Å². The number of ether oxygens (including phenoxy) is 2. The molecule has 1 saturated heterocycles. The van der Waals surface area contributed by atoms with Crippen LogP contribution in [0.15, 0.2) is 42.5 Å². The summed E-state index contributed by atoms with van der Waals surface area (Å²) in [5.74, 6) is 2.02. The number of nitrogens with zero attached hydrogens (tertiary/aromatic N) is 3. The normalized spacial score (nSPS) is 15.8. The van der Waals surface area contributed by atoms with Crippen molar-refractivity contribution in [2.75, 3.05) is 20.8 Å². The summed E-state index contributed by atoms with van der Waals surface area (Å²) < 4.78 is 13.0. The van der Waals surface area contributed by atoms with Crippen LogP contribution in [0.2, 0.25) is 0 Å². The predicted molar refractivity (Wildman–Crippen MR) is 121 cm³/mol. The number of carbonyl (C=O) groups is 1. The minimum atomic E-state index is -0.00352. The van der Waals surface area contributed by atoms with Gasteiger partial charge in [0.05, 0.1) is 20.3 Å². The van der Waals surface area contributed by atoms with Gasteiger partial charge >= 0.3 is 0 Å². The Labute approximate surface area is 186 Å². The first kappa shape index (κ1) is 21.1. The summed E-state index contributed by atoms with van der Waals surface area (Å²) in [7, 11) is 3.23. The molecular weight excluding hydrogens is 412 g/mol. The molecule has 1 fully saturated rings. The van der Waals surface area contributed by atoms with Gasteiger partial charge < -0.3 is 14.4 Å². The first-order chi connectivity index (χ1) is 15.0. The molecule has 4 rings (SSSR count). The van der Waals surface area contributed by atoms with Crippen LogP contribution in [0, 0.1) is 11.7 Å². The second kappa shape index (κ2) is 8.93. The monoisotopic (exact) mass is 438 g/mol. The molecule has 1 atom stereocenters. The molecule has 1 amide bonds. The standard InChI is InChI=1S/C23H26N4O3S/c1-15-6-8-16(9-7-15)22-24-25-23(31)27(22)14-21(28)26-12-4-5-18(26)17-10-11-19(29-2)20(13-17)30-3/h6-11,13,18H,4-5,12,14H2,1-3H3,(H,25,31). The zero-order valence-electron chi connectivity index (χ0n) is 17.9. The molecule has 162 valence electrons. The van der Waals surface area contributed by atoms with E-state index in [1.54, 1.807) is 18.8 Å². The lowest BCUT2D eigenvalue weighted by Crippen LogP contribution is -2.33. The summed E-state index contributed by atoms with van der Waals surface area (Å²) in [5.41, 5.74) is 3.12. The van der Waals surface area contributed by atoms with Crippen LogP contribution in [-0.2, 0) is 11.3 Å². The lowest BCUT2D eigenvalue weighted by atomic mass is 10.0. The predicted octanol–water partition coefficient (Wildman–Crippen LogP) is 4.30. The summed E-state index contributed by atoms with van der Waals surface area (Å²) >= 11 is 5.42. The molecule has 7 nitrogen and oxygen atoms in total. The number of hydrogen-bond acceptors (Lipinski definition) is 5. The second-order valence-corrected chi connectivity index (χ2v) is 8.05. The lowest BCUT2D eigenvalue weighted by Gasteiger charge is -2.26. The summed E-state index contributed by atoms with van der Waals surface area (Å²) in [6.07, 6.45) is 1.86. The van der Waals surface area contributed by atoms with E-state index < -0.39 is 0 Å². The number of amides is 1. The maximum atomic E-state index is 13.3. The van der Waals surface area contributed by atoms with Gasteiger partial charge in [0.15, 0.2) is 22.1 Å². The van der Waals surface area contributed by atoms with Crippen LogP contribution in [-0.4, -0.2) is 46.3 Å². The van der Waals surface area contributed by atoms with Crippen molar-refractivity contribution in [1.82, 2.24) is 19.7 Å². The number of methoxy groups -OCH3 is 2. The lowest BCUT2D eigenvalue weighted by molar-refractivity contribution is -0.132. The Kier molecular flexibility index (Phi) is 6.08. The number of aryl methyl sites for hydroxylation is 1. The highest BCUT2D eigenvalue weighted by molar-refractivity contribution is 7.71. The summed E-state index contributed by atoms with van der Waals surface area (Å²) in [6, 6.07) is 13.9. The maximum absolute atomic E-state index is 13.3. The molecule has 1 aliphatic heterocycles. The maximum Gasteiger partial charge on any atom is 0.243 e. The topological polar surface area (TPSA) is 72.4 Å². The molecule has 0 radical (unpaired) electrons. The van der Waals surface area contributed by atoms with E-state index >= 15 is 0 Å². The molecule has 1 N–H and O–H groups in total. The van der Waals surface area contributed by atoms with Gasteiger partial charge in [0.25, 0.3) is 0 Å². The van der Waals surface area contributed by atoms with Crippen LogP contribution >= 0.6 is 12.2 Å². The highest BCUT2D eigenvalue weighted by Crippen LogP contribution is 2.37. The summed E-state index contributed by atoms with van der Waals surface area (Å²) in [6.45, 7) is 2.89. The fourth-order valence-electron chi connectivity index (χ4n) is 4.09. The number of aromatic amines is 1. The van der Waals surface area contributed by atoms with E-state index in [-0.39, 0.29) is 18.5 Å². The first-order valence-electron chi connectivity index (χ1n) is 10.3. The third-order valence-electron chi connectivity index (χ3n) is 5.73. The number of rotatable bonds is 6. The number of aromatic nitrogens is 3. The number of benzene rings is 2. The van der Waals surface area contributed by atoms with Gasteiger partial charge in [0.2, 0.25) is 5.91 Å². The van der Waals surface area contributed by atoms with Crippen molar-refractivity contribution in [3.05, 3.63) is 58.4 Å². The molecule has 8 heteroatoms. The molecule has 0 aliphatic carbocycles. The molecule has 0 bridgehead atoms. The minimum Gasteiger partial charge on any atom is -0.493 e. The van der Waals surface area contributed by atoms with E-state index in [9.17, 15) is 4.79 Å². The Bertz CT molecular complexity index is 1140. The first-order valence-corrected chi connectivity index (χ1v) is 10.7. The molecule has 0 spiro atoms. The minimum absolute atomic E-state index is 0.00352. The molecule has 3 aromatic rings. The average molecular weight is 439 g/mol. The Morgan fingerprint density at radius 2 is 1.90 bits per heavy atom. The zero-order valence-corrected chi connectivity index (χ0v) is 18.7. The number of likely N-dealkylation sites (tertiary alicyclic amines) is 1. The van der Waals surface area contributed by atoms with Gasteiger partial charge in [-0.1, -0.05) is 35.9 Å². The van der Waals surface area contributed by atoms with Gasteiger partial charge in [-0.2, -0.15) is 5.10 Å². The van der Waals surface area contributed by atoms with Crippen molar-refractivity contribution in [3.63, 3.8) is 0 Å². The molecule has 1 unspecified atom stereocenters. The van der Waals surface area contributed by atoms with Crippen LogP contribution in [0.1, 0.15) is 30.0 Å². The number of carbonyl (C=O) groups excluding carboxylic acids is 1. The molecule has 1 aromatic heterocycles. The second-order valence-electron chi connectivity index (χ2n) is 7.66. The summed E-state index contributed by atoms with van der Waals surface area (Å²) in [5, 5.41) is 7.19. The zero-order chi connectivity index (χ0) is 22.0. The Morgan fingerprint density at radius 3 is 2.61 bits per heavy atom. The van der Waals surface area contributed by atoms with Crippen LogP contribution in [0.25, 0.3) is 11.4 Å². The van der Waals surface area contributed by atoms with Crippen LogP contribution in [0.5, 0.6) is 11.5 Å². The largest absolute Gasteiger partial charge is 0.493 e. The third-order valence-corrected chi connectivity index (χ3v) is 6.04. The number of H-pyrrole nitrogens is 1. The van der Waals surface area contributed by atoms with E-state index in [4.69, 9.17) is 21.7 Å². The van der Waals surface area contributed by atoms with Crippen molar-refractivity contribution < 1.29 is 14.3 Å². The van der Waals surface area contributed by atoms with E-state index in [2.05, 4.69) is 10.2 Å². The van der Waals surface area contributed by atoms with Crippen LogP contribution in [0.4, 0.5) is 0 Å². The van der Waals surface area contributed by atoms with E-state index in [1.165, 1.54) is 0 Å². The summed E-state index contributed by atoms with van der Waals surface area (Å²) in [4.78, 5) is 15.3. The molecule has 31 heavy (non-hydrogen) atoms. The Balaban J connectivity index is 1.59. The smallest absolute Gasteiger partial charge is 0.243 e. The van der Waals surface area contributed by atoms with Gasteiger partial charge in [0.1, 0.15) is 6.54 Å². The van der Waals surface area contributed by atoms with E-state index in [1.807, 2.05) is 54.3 Å². The van der Waals surface area contributed by atoms with Crippen molar-refractivity contribution >= 4 is 18.1 Å². The van der Waals surface area contributed by atoms with Gasteiger partial charge in [-0.3, -0.25) is 14.5 Å². The molecule has 2 aromatic carbocycles.